The number of carbonyl (C=O) groups excluding carboxylic acids is 1. The smallest absolute Gasteiger partial charge is 0.239 e. The first-order chi connectivity index (χ1) is 8.16. The molecule has 4 heteroatoms. The molecule has 0 aliphatic carbocycles. The van der Waals surface area contributed by atoms with Gasteiger partial charge in [-0.2, -0.15) is 5.26 Å². The van der Waals surface area contributed by atoms with E-state index in [1.165, 1.54) is 12.8 Å². The predicted octanol–water partition coefficient (Wildman–Crippen LogP) is 1.67. The lowest BCUT2D eigenvalue weighted by molar-refractivity contribution is -0.134. The summed E-state index contributed by atoms with van der Waals surface area (Å²) in [6.45, 7) is 2.85. The lowest BCUT2D eigenvalue weighted by Gasteiger charge is -2.29. The molecule has 96 valence electrons. The van der Waals surface area contributed by atoms with Crippen LogP contribution in [-0.4, -0.2) is 36.5 Å². The van der Waals surface area contributed by atoms with E-state index in [1.807, 2.05) is 6.92 Å². The number of likely N-dealkylation sites (N-methyl/N-ethyl adjacent to an activating group) is 1. The van der Waals surface area contributed by atoms with E-state index in [0.29, 0.717) is 6.42 Å². The Labute approximate surface area is 104 Å². The number of amides is 1. The van der Waals surface area contributed by atoms with E-state index >= 15 is 0 Å². The molecule has 1 aliphatic heterocycles. The zero-order valence-electron chi connectivity index (χ0n) is 10.9. The van der Waals surface area contributed by atoms with Crippen LogP contribution < -0.4 is 5.32 Å². The molecule has 0 aromatic rings. The summed E-state index contributed by atoms with van der Waals surface area (Å²) < 4.78 is 0. The number of nitrogens with one attached hydrogen (secondary N) is 1. The Morgan fingerprint density at radius 3 is 2.88 bits per heavy atom. The second-order valence-corrected chi connectivity index (χ2v) is 4.87. The van der Waals surface area contributed by atoms with E-state index in [1.54, 1.807) is 11.9 Å². The number of hydrogen-bond acceptors (Lipinski definition) is 3. The van der Waals surface area contributed by atoms with Gasteiger partial charge in [0.25, 0.3) is 0 Å². The maximum absolute atomic E-state index is 12.2. The summed E-state index contributed by atoms with van der Waals surface area (Å²) in [4.78, 5) is 13.9. The van der Waals surface area contributed by atoms with E-state index in [2.05, 4.69) is 11.4 Å². The first-order valence-corrected chi connectivity index (χ1v) is 6.54. The van der Waals surface area contributed by atoms with Gasteiger partial charge in [0, 0.05) is 13.1 Å². The fourth-order valence-electron chi connectivity index (χ4n) is 2.15. The summed E-state index contributed by atoms with van der Waals surface area (Å²) >= 11 is 0. The van der Waals surface area contributed by atoms with E-state index in [-0.39, 0.29) is 18.0 Å². The molecule has 1 amide bonds. The molecule has 1 heterocycles. The standard InChI is InChI=1S/C13H23N3O/c1-11(8-9-14)16(2)13(17)12-7-5-3-4-6-10-15-12/h11-12,15H,3-8,10H2,1-2H3. The van der Waals surface area contributed by atoms with E-state index < -0.39 is 0 Å². The van der Waals surface area contributed by atoms with E-state index in [4.69, 9.17) is 5.26 Å². The number of rotatable bonds is 3. The summed E-state index contributed by atoms with van der Waals surface area (Å²) in [7, 11) is 1.80. The average molecular weight is 237 g/mol. The van der Waals surface area contributed by atoms with Crippen LogP contribution in [0, 0.1) is 11.3 Å². The summed E-state index contributed by atoms with van der Waals surface area (Å²) in [5.74, 6) is 0.134. The fourth-order valence-corrected chi connectivity index (χ4v) is 2.15. The molecule has 0 spiro atoms. The van der Waals surface area contributed by atoms with Gasteiger partial charge in [0.2, 0.25) is 5.91 Å². The van der Waals surface area contributed by atoms with Gasteiger partial charge < -0.3 is 10.2 Å². The lowest BCUT2D eigenvalue weighted by Crippen LogP contribution is -2.48. The van der Waals surface area contributed by atoms with Crippen molar-refractivity contribution in [3.63, 3.8) is 0 Å². The highest BCUT2D eigenvalue weighted by molar-refractivity contribution is 5.81. The monoisotopic (exact) mass is 237 g/mol. The molecule has 0 saturated carbocycles. The van der Waals surface area contributed by atoms with Gasteiger partial charge in [0.05, 0.1) is 18.5 Å². The number of nitriles is 1. The van der Waals surface area contributed by atoms with Crippen LogP contribution in [0.4, 0.5) is 0 Å². The molecule has 1 saturated heterocycles. The predicted molar refractivity (Wildman–Crippen MR) is 67.3 cm³/mol. The molecule has 0 aromatic carbocycles. The van der Waals surface area contributed by atoms with Crippen molar-refractivity contribution in [1.82, 2.24) is 10.2 Å². The third-order valence-corrected chi connectivity index (χ3v) is 3.50. The topological polar surface area (TPSA) is 56.1 Å². The fraction of sp³-hybridized carbons (Fsp3) is 0.846. The third kappa shape index (κ3) is 4.35. The van der Waals surface area contributed by atoms with Crippen LogP contribution in [0.1, 0.15) is 45.4 Å². The molecule has 0 bridgehead atoms. The van der Waals surface area contributed by atoms with Crippen LogP contribution in [0.3, 0.4) is 0 Å². The Balaban J connectivity index is 2.51. The summed E-state index contributed by atoms with van der Waals surface area (Å²) in [6, 6.07) is 2.06. The van der Waals surface area contributed by atoms with Crippen molar-refractivity contribution in [3.05, 3.63) is 0 Å². The molecule has 2 atom stereocenters. The van der Waals surface area contributed by atoms with Crippen LogP contribution in [0.2, 0.25) is 0 Å². The molecular weight excluding hydrogens is 214 g/mol. The normalized spacial score (nSPS) is 23.0. The average Bonchev–Trinajstić information content (AvgIpc) is 2.27. The summed E-state index contributed by atoms with van der Waals surface area (Å²) in [5.41, 5.74) is 0. The number of hydrogen-bond donors (Lipinski definition) is 1. The Bertz CT molecular complexity index is 277. The largest absolute Gasteiger partial charge is 0.341 e. The second kappa shape index (κ2) is 7.29. The van der Waals surface area contributed by atoms with Gasteiger partial charge in [-0.25, -0.2) is 0 Å². The molecule has 1 N–H and O–H groups in total. The molecule has 1 aliphatic rings. The molecule has 1 fully saturated rings. The van der Waals surface area contributed by atoms with Gasteiger partial charge >= 0.3 is 0 Å². The van der Waals surface area contributed by atoms with Crippen LogP contribution >= 0.6 is 0 Å². The van der Waals surface area contributed by atoms with Crippen molar-refractivity contribution in [3.8, 4) is 6.07 Å². The van der Waals surface area contributed by atoms with E-state index in [0.717, 1.165) is 25.8 Å². The van der Waals surface area contributed by atoms with Crippen molar-refractivity contribution in [2.75, 3.05) is 13.6 Å². The highest BCUT2D eigenvalue weighted by Crippen LogP contribution is 2.12. The molecule has 2 unspecified atom stereocenters. The summed E-state index contributed by atoms with van der Waals surface area (Å²) in [6.07, 6.45) is 6.07. The number of carbonyl (C=O) groups is 1. The quantitative estimate of drug-likeness (QED) is 0.812. The third-order valence-electron chi connectivity index (χ3n) is 3.50. The van der Waals surface area contributed by atoms with Crippen LogP contribution in [0.15, 0.2) is 0 Å². The SMILES string of the molecule is CC(CC#N)N(C)C(=O)C1CCCCCCN1. The maximum Gasteiger partial charge on any atom is 0.239 e. The lowest BCUT2D eigenvalue weighted by atomic mass is 10.0. The highest BCUT2D eigenvalue weighted by Gasteiger charge is 2.24. The van der Waals surface area contributed by atoms with Gasteiger partial charge in [0.15, 0.2) is 0 Å². The van der Waals surface area contributed by atoms with Gasteiger partial charge in [0.1, 0.15) is 0 Å². The Morgan fingerprint density at radius 2 is 2.18 bits per heavy atom. The van der Waals surface area contributed by atoms with Crippen molar-refractivity contribution in [2.24, 2.45) is 0 Å². The van der Waals surface area contributed by atoms with Gasteiger partial charge in [-0.05, 0) is 26.3 Å². The Hall–Kier alpha value is -1.08. The first-order valence-electron chi connectivity index (χ1n) is 6.54. The van der Waals surface area contributed by atoms with Crippen LogP contribution in [0.5, 0.6) is 0 Å². The molecule has 0 aromatic heterocycles. The zero-order chi connectivity index (χ0) is 12.7. The second-order valence-electron chi connectivity index (χ2n) is 4.87. The molecular formula is C13H23N3O. The maximum atomic E-state index is 12.2. The minimum atomic E-state index is -0.0542. The Morgan fingerprint density at radius 1 is 1.47 bits per heavy atom. The van der Waals surface area contributed by atoms with Crippen LogP contribution in [-0.2, 0) is 4.79 Å². The minimum Gasteiger partial charge on any atom is -0.341 e. The molecule has 1 rings (SSSR count). The van der Waals surface area contributed by atoms with E-state index in [9.17, 15) is 4.79 Å². The van der Waals surface area contributed by atoms with Crippen molar-refractivity contribution < 1.29 is 4.79 Å². The first kappa shape index (κ1) is 14.0. The highest BCUT2D eigenvalue weighted by atomic mass is 16.2. The summed E-state index contributed by atoms with van der Waals surface area (Å²) in [5, 5.41) is 12.0. The van der Waals surface area contributed by atoms with Crippen LogP contribution in [0.25, 0.3) is 0 Å². The van der Waals surface area contributed by atoms with Crippen molar-refractivity contribution >= 4 is 5.91 Å². The number of nitrogens with zero attached hydrogens (tertiary/aromatic N) is 2. The zero-order valence-corrected chi connectivity index (χ0v) is 10.9. The molecule has 4 nitrogen and oxygen atoms in total. The van der Waals surface area contributed by atoms with Crippen molar-refractivity contribution in [1.29, 1.82) is 5.26 Å². The Kier molecular flexibility index (Phi) is 5.99. The van der Waals surface area contributed by atoms with Gasteiger partial charge in [-0.1, -0.05) is 19.3 Å². The minimum absolute atomic E-state index is 0.000240. The molecule has 0 radical (unpaired) electrons. The van der Waals surface area contributed by atoms with Crippen molar-refractivity contribution in [2.45, 2.75) is 57.5 Å². The van der Waals surface area contributed by atoms with Gasteiger partial charge in [-0.15, -0.1) is 0 Å². The molecule has 17 heavy (non-hydrogen) atoms. The van der Waals surface area contributed by atoms with Gasteiger partial charge in [-0.3, -0.25) is 4.79 Å².